The minimum absolute atomic E-state index is 0.0433. The molecular weight excluding hydrogens is 519 g/mol. The number of carbonyl (C=O) groups excluding carboxylic acids is 1. The zero-order valence-electron chi connectivity index (χ0n) is 19.6. The summed E-state index contributed by atoms with van der Waals surface area (Å²) in [6.45, 7) is 0. The van der Waals surface area contributed by atoms with Crippen molar-refractivity contribution in [3.63, 3.8) is 0 Å². The second-order valence-corrected chi connectivity index (χ2v) is 9.32. The van der Waals surface area contributed by atoms with E-state index in [0.29, 0.717) is 21.3 Å². The minimum Gasteiger partial charge on any atom is -0.508 e. The van der Waals surface area contributed by atoms with E-state index in [0.717, 1.165) is 16.7 Å². The molecule has 0 saturated carbocycles. The summed E-state index contributed by atoms with van der Waals surface area (Å²) >= 11 is 12.2. The van der Waals surface area contributed by atoms with Crippen molar-refractivity contribution in [3.8, 4) is 16.9 Å². The summed E-state index contributed by atoms with van der Waals surface area (Å²) in [5.74, 6) is -1.64. The summed E-state index contributed by atoms with van der Waals surface area (Å²) in [6.07, 6.45) is 0.229. The molecule has 0 bridgehead atoms. The molecule has 0 fully saturated rings. The number of hydrogen-bond donors (Lipinski definition) is 5. The van der Waals surface area contributed by atoms with Gasteiger partial charge >= 0.3 is 5.97 Å². The molecule has 37 heavy (non-hydrogen) atoms. The van der Waals surface area contributed by atoms with Crippen LogP contribution >= 0.6 is 23.2 Å². The van der Waals surface area contributed by atoms with Crippen LogP contribution in [0.5, 0.6) is 5.75 Å². The first-order valence-electron chi connectivity index (χ1n) is 11.3. The van der Waals surface area contributed by atoms with Crippen molar-refractivity contribution in [2.45, 2.75) is 24.8 Å². The van der Waals surface area contributed by atoms with Gasteiger partial charge in [-0.2, -0.15) is 0 Å². The van der Waals surface area contributed by atoms with E-state index in [4.69, 9.17) is 27.9 Å². The van der Waals surface area contributed by atoms with E-state index in [1.165, 1.54) is 25.3 Å². The van der Waals surface area contributed by atoms with Crippen LogP contribution in [-0.4, -0.2) is 52.7 Å². The average molecular weight is 543 g/mol. The topological polar surface area (TPSA) is 128 Å². The van der Waals surface area contributed by atoms with E-state index in [9.17, 15) is 24.9 Å². The predicted molar refractivity (Wildman–Crippen MR) is 142 cm³/mol. The van der Waals surface area contributed by atoms with E-state index in [1.54, 1.807) is 48.5 Å². The lowest BCUT2D eigenvalue weighted by Gasteiger charge is -2.28. The first-order valence-corrected chi connectivity index (χ1v) is 12.0. The average Bonchev–Trinajstić information content (AvgIpc) is 2.89. The number of aromatic hydroxyl groups is 1. The zero-order chi connectivity index (χ0) is 26.7. The summed E-state index contributed by atoms with van der Waals surface area (Å²) < 4.78 is 5.03. The minimum atomic E-state index is -1.31. The number of anilines is 1. The van der Waals surface area contributed by atoms with Crippen molar-refractivity contribution in [2.24, 2.45) is 0 Å². The maximum Gasteiger partial charge on any atom is 0.336 e. The molecule has 0 radical (unpaired) electrons. The molecular formula is C27H24Cl2N2O6. The number of fused-ring (bicyclic) bond motifs is 1. The quantitative estimate of drug-likeness (QED) is 0.268. The fourth-order valence-corrected chi connectivity index (χ4v) is 4.39. The third-order valence-corrected chi connectivity index (χ3v) is 6.76. The second-order valence-electron chi connectivity index (χ2n) is 8.51. The Morgan fingerprint density at radius 3 is 2.35 bits per heavy atom. The van der Waals surface area contributed by atoms with Gasteiger partial charge in [-0.05, 0) is 65.6 Å². The highest BCUT2D eigenvalue weighted by atomic mass is 35.5. The molecule has 1 amide bonds. The van der Waals surface area contributed by atoms with Gasteiger partial charge in [0.1, 0.15) is 11.8 Å². The maximum atomic E-state index is 13.2. The Hall–Kier alpha value is -3.56. The second kappa shape index (κ2) is 11.2. The number of benzene rings is 3. The highest BCUT2D eigenvalue weighted by Gasteiger charge is 2.30. The predicted octanol–water partition coefficient (Wildman–Crippen LogP) is 4.32. The molecule has 4 rings (SSSR count). The lowest BCUT2D eigenvalue weighted by atomic mass is 9.92. The van der Waals surface area contributed by atoms with Crippen molar-refractivity contribution < 1.29 is 29.6 Å². The summed E-state index contributed by atoms with van der Waals surface area (Å²) in [7, 11) is 1.31. The molecule has 0 aliphatic carbocycles. The van der Waals surface area contributed by atoms with E-state index in [1.807, 2.05) is 0 Å². The van der Waals surface area contributed by atoms with Crippen LogP contribution in [-0.2, 0) is 20.7 Å². The van der Waals surface area contributed by atoms with Crippen molar-refractivity contribution >= 4 is 46.3 Å². The third kappa shape index (κ3) is 6.06. The number of phenols is 1. The van der Waals surface area contributed by atoms with E-state index in [-0.39, 0.29) is 17.7 Å². The summed E-state index contributed by atoms with van der Waals surface area (Å²) in [4.78, 5) is 25.3. The number of aliphatic hydroxyl groups is 1. The van der Waals surface area contributed by atoms with Crippen LogP contribution in [0.3, 0.4) is 0 Å². The number of methoxy groups -OCH3 is 1. The number of carboxylic acid groups (broad SMARTS) is 1. The molecule has 0 spiro atoms. The van der Waals surface area contributed by atoms with E-state index < -0.39 is 30.3 Å². The Morgan fingerprint density at radius 1 is 1.03 bits per heavy atom. The highest BCUT2D eigenvalue weighted by Crippen LogP contribution is 2.35. The fourth-order valence-electron chi connectivity index (χ4n) is 4.09. The summed E-state index contributed by atoms with van der Waals surface area (Å²) in [6, 6.07) is 14.8. The number of amides is 1. The smallest absolute Gasteiger partial charge is 0.336 e. The van der Waals surface area contributed by atoms with Gasteiger partial charge in [0, 0.05) is 18.4 Å². The molecule has 192 valence electrons. The summed E-state index contributed by atoms with van der Waals surface area (Å²) in [5.41, 5.74) is 3.07. The van der Waals surface area contributed by atoms with Gasteiger partial charge in [0.15, 0.2) is 6.29 Å². The molecule has 5 N–H and O–H groups in total. The molecule has 0 aromatic heterocycles. The van der Waals surface area contributed by atoms with E-state index >= 15 is 0 Å². The molecule has 3 aromatic carbocycles. The van der Waals surface area contributed by atoms with Crippen molar-refractivity contribution in [1.29, 1.82) is 0 Å². The number of carboxylic acids is 1. The lowest BCUT2D eigenvalue weighted by molar-refractivity contribution is -0.130. The van der Waals surface area contributed by atoms with Crippen molar-refractivity contribution in [1.82, 2.24) is 5.32 Å². The SMILES string of the molecule is COC(O)[C@H](Cc1ccc(O)cc1)NC(=O)C1C=C(C(=O)O)c2cc(-c3ccc(Cl)c(Cl)c3)ccc2N1. The maximum absolute atomic E-state index is 13.2. The Morgan fingerprint density at radius 2 is 1.70 bits per heavy atom. The number of nitrogens with one attached hydrogen (secondary N) is 2. The molecule has 1 aliphatic heterocycles. The molecule has 0 saturated heterocycles. The van der Waals surface area contributed by atoms with Gasteiger partial charge in [0.2, 0.25) is 5.91 Å². The van der Waals surface area contributed by atoms with Gasteiger partial charge in [-0.1, -0.05) is 47.5 Å². The number of ether oxygens (including phenoxy) is 1. The molecule has 3 aromatic rings. The Balaban J connectivity index is 1.59. The Labute approximate surface area is 223 Å². The van der Waals surface area contributed by atoms with Gasteiger partial charge in [-0.15, -0.1) is 0 Å². The van der Waals surface area contributed by atoms with Crippen LogP contribution < -0.4 is 10.6 Å². The van der Waals surface area contributed by atoms with Crippen LogP contribution in [0.15, 0.2) is 66.7 Å². The monoisotopic (exact) mass is 542 g/mol. The molecule has 2 unspecified atom stereocenters. The van der Waals surface area contributed by atoms with Gasteiger partial charge in [-0.3, -0.25) is 4.79 Å². The van der Waals surface area contributed by atoms with Crippen LogP contribution in [0.1, 0.15) is 11.1 Å². The number of hydrogen-bond acceptors (Lipinski definition) is 6. The van der Waals surface area contributed by atoms with Gasteiger partial charge < -0.3 is 30.7 Å². The van der Waals surface area contributed by atoms with Crippen LogP contribution in [0, 0.1) is 0 Å². The molecule has 8 nitrogen and oxygen atoms in total. The van der Waals surface area contributed by atoms with Crippen LogP contribution in [0.25, 0.3) is 16.7 Å². The van der Waals surface area contributed by atoms with Crippen molar-refractivity contribution in [3.05, 3.63) is 87.9 Å². The first-order chi connectivity index (χ1) is 17.7. The first kappa shape index (κ1) is 26.5. The normalized spacial score (nSPS) is 16.1. The molecule has 1 aliphatic rings. The summed E-state index contributed by atoms with van der Waals surface area (Å²) in [5, 5.41) is 36.3. The van der Waals surface area contributed by atoms with Crippen LogP contribution in [0.4, 0.5) is 5.69 Å². The number of aliphatic hydroxyl groups excluding tert-OH is 1. The van der Waals surface area contributed by atoms with Gasteiger partial charge in [-0.25, -0.2) is 4.79 Å². The molecule has 1 heterocycles. The Kier molecular flexibility index (Phi) is 8.04. The fraction of sp³-hybridized carbons (Fsp3) is 0.185. The van der Waals surface area contributed by atoms with Crippen molar-refractivity contribution in [2.75, 3.05) is 12.4 Å². The largest absolute Gasteiger partial charge is 0.508 e. The Bertz CT molecular complexity index is 1360. The third-order valence-electron chi connectivity index (χ3n) is 6.03. The van der Waals surface area contributed by atoms with E-state index in [2.05, 4.69) is 10.6 Å². The number of halogens is 2. The lowest BCUT2D eigenvalue weighted by Crippen LogP contribution is -2.50. The zero-order valence-corrected chi connectivity index (χ0v) is 21.1. The number of carbonyl (C=O) groups is 2. The standard InChI is InChI=1S/C27H24Cl2N2O6/c1-37-27(36)24(10-14-2-6-17(32)7-3-14)31-25(33)23-13-19(26(34)35)18-11-15(5-9-22(18)30-23)16-4-8-20(28)21(29)12-16/h2-9,11-13,23-24,27,30,32,36H,10H2,1H3,(H,31,33)(H,34,35)/t23?,24-,27?/m0/s1. The number of phenolic OH excluding ortho intramolecular Hbond substituents is 1. The highest BCUT2D eigenvalue weighted by molar-refractivity contribution is 6.42. The number of rotatable bonds is 8. The van der Waals surface area contributed by atoms with Crippen LogP contribution in [0.2, 0.25) is 10.0 Å². The molecule has 10 heteroatoms. The molecule has 3 atom stereocenters. The van der Waals surface area contributed by atoms with Gasteiger partial charge in [0.05, 0.1) is 21.7 Å². The van der Waals surface area contributed by atoms with Gasteiger partial charge in [0.25, 0.3) is 0 Å². The number of aliphatic carboxylic acids is 1.